The molecule has 0 aliphatic rings. The molecule has 0 radical (unpaired) electrons. The third-order valence-electron chi connectivity index (χ3n) is 3.19. The lowest BCUT2D eigenvalue weighted by molar-refractivity contribution is -0.137. The summed E-state index contributed by atoms with van der Waals surface area (Å²) < 4.78 is 4.59. The number of H-pyrrole nitrogens is 1. The maximum absolute atomic E-state index is 11.1. The fourth-order valence-electron chi connectivity index (χ4n) is 2.26. The highest BCUT2D eigenvalue weighted by Gasteiger charge is 2.12. The quantitative estimate of drug-likeness (QED) is 0.591. The normalized spacial score (nSPS) is 11.2. The maximum Gasteiger partial charge on any atom is 0.316 e. The maximum atomic E-state index is 11.1. The van der Waals surface area contributed by atoms with Crippen LogP contribution in [0.15, 0.2) is 17.3 Å². The Morgan fingerprint density at radius 2 is 2.14 bits per heavy atom. The Morgan fingerprint density at radius 3 is 2.90 bits per heavy atom. The Bertz CT molecular complexity index is 844. The molecule has 0 bridgehead atoms. The summed E-state index contributed by atoms with van der Waals surface area (Å²) in [6.45, 7) is 4.10. The van der Waals surface area contributed by atoms with Gasteiger partial charge in [-0.25, -0.2) is 4.98 Å². The van der Waals surface area contributed by atoms with Gasteiger partial charge in [0.15, 0.2) is 5.65 Å². The summed E-state index contributed by atoms with van der Waals surface area (Å²) in [5.74, 6) is -0.144. The van der Waals surface area contributed by atoms with Gasteiger partial charge >= 0.3 is 5.97 Å². The number of fused-ring (bicyclic) bond motifs is 3. The van der Waals surface area contributed by atoms with Crippen molar-refractivity contribution >= 4 is 39.8 Å². The lowest BCUT2D eigenvalue weighted by atomic mass is 10.1. The highest BCUT2D eigenvalue weighted by molar-refractivity contribution is 7.99. The van der Waals surface area contributed by atoms with Crippen LogP contribution >= 0.6 is 11.8 Å². The van der Waals surface area contributed by atoms with Gasteiger partial charge in [-0.1, -0.05) is 23.4 Å². The molecular formula is C14H14N4O2S. The van der Waals surface area contributed by atoms with Gasteiger partial charge in [0.05, 0.1) is 18.4 Å². The van der Waals surface area contributed by atoms with Gasteiger partial charge in [-0.2, -0.15) is 0 Å². The molecule has 0 amide bonds. The van der Waals surface area contributed by atoms with Gasteiger partial charge in [0.1, 0.15) is 5.52 Å². The number of ether oxygens (including phenoxy) is 1. The van der Waals surface area contributed by atoms with Gasteiger partial charge in [-0.05, 0) is 25.5 Å². The summed E-state index contributed by atoms with van der Waals surface area (Å²) >= 11 is 1.21. The van der Waals surface area contributed by atoms with Crippen molar-refractivity contribution in [3.63, 3.8) is 0 Å². The molecule has 0 fully saturated rings. The molecule has 0 unspecified atom stereocenters. The van der Waals surface area contributed by atoms with Crippen LogP contribution in [0, 0.1) is 13.8 Å². The minimum atomic E-state index is -0.313. The first-order valence-electron chi connectivity index (χ1n) is 6.41. The SMILES string of the molecule is COC(=O)CSc1nnc2c(n1)[nH]c1c(C)cc(C)cc12. The van der Waals surface area contributed by atoms with Gasteiger partial charge < -0.3 is 9.72 Å². The second-order valence-corrected chi connectivity index (χ2v) is 5.73. The highest BCUT2D eigenvalue weighted by atomic mass is 32.2. The minimum absolute atomic E-state index is 0.169. The number of nitrogens with zero attached hydrogens (tertiary/aromatic N) is 3. The van der Waals surface area contributed by atoms with Crippen LogP contribution in [-0.4, -0.2) is 39.0 Å². The highest BCUT2D eigenvalue weighted by Crippen LogP contribution is 2.27. The predicted molar refractivity (Wildman–Crippen MR) is 81.4 cm³/mol. The Morgan fingerprint density at radius 1 is 1.33 bits per heavy atom. The molecule has 108 valence electrons. The van der Waals surface area contributed by atoms with E-state index < -0.39 is 0 Å². The first-order valence-corrected chi connectivity index (χ1v) is 7.40. The Balaban J connectivity index is 2.04. The number of methoxy groups -OCH3 is 1. The van der Waals surface area contributed by atoms with E-state index in [4.69, 9.17) is 0 Å². The summed E-state index contributed by atoms with van der Waals surface area (Å²) in [4.78, 5) is 18.8. The number of aromatic amines is 1. The zero-order chi connectivity index (χ0) is 15.0. The Hall–Kier alpha value is -2.15. The lowest BCUT2D eigenvalue weighted by Crippen LogP contribution is -2.04. The van der Waals surface area contributed by atoms with Crippen molar-refractivity contribution in [1.29, 1.82) is 0 Å². The second kappa shape index (κ2) is 5.33. The number of carbonyl (C=O) groups is 1. The van der Waals surface area contributed by atoms with E-state index in [0.29, 0.717) is 10.8 Å². The molecule has 1 N–H and O–H groups in total. The van der Waals surface area contributed by atoms with Crippen LogP contribution in [0.1, 0.15) is 11.1 Å². The largest absolute Gasteiger partial charge is 0.468 e. The predicted octanol–water partition coefficient (Wildman–Crippen LogP) is 2.39. The van der Waals surface area contributed by atoms with Gasteiger partial charge in [0.2, 0.25) is 5.16 Å². The average Bonchev–Trinajstić information content (AvgIpc) is 2.83. The van der Waals surface area contributed by atoms with Crippen molar-refractivity contribution < 1.29 is 9.53 Å². The zero-order valence-corrected chi connectivity index (χ0v) is 12.7. The van der Waals surface area contributed by atoms with E-state index in [9.17, 15) is 4.79 Å². The number of benzene rings is 1. The molecule has 7 heteroatoms. The number of carbonyl (C=O) groups excluding carboxylic acids is 1. The number of esters is 1. The molecule has 0 saturated carbocycles. The van der Waals surface area contributed by atoms with Crippen LogP contribution in [-0.2, 0) is 9.53 Å². The van der Waals surface area contributed by atoms with E-state index in [1.807, 2.05) is 13.8 Å². The van der Waals surface area contributed by atoms with Crippen LogP contribution in [0.25, 0.3) is 22.1 Å². The number of nitrogens with one attached hydrogen (secondary N) is 1. The van der Waals surface area contributed by atoms with E-state index in [2.05, 4.69) is 37.0 Å². The van der Waals surface area contributed by atoms with Crippen molar-refractivity contribution in [3.8, 4) is 0 Å². The molecule has 3 aromatic rings. The molecule has 0 atom stereocenters. The van der Waals surface area contributed by atoms with E-state index in [0.717, 1.165) is 22.0 Å². The molecule has 21 heavy (non-hydrogen) atoms. The number of thioether (sulfide) groups is 1. The third kappa shape index (κ3) is 2.56. The molecule has 3 rings (SSSR count). The lowest BCUT2D eigenvalue weighted by Gasteiger charge is -1.98. The summed E-state index contributed by atoms with van der Waals surface area (Å²) in [5, 5.41) is 9.78. The van der Waals surface area contributed by atoms with Crippen LogP contribution in [0.4, 0.5) is 0 Å². The topological polar surface area (TPSA) is 80.8 Å². The molecule has 2 aromatic heterocycles. The van der Waals surface area contributed by atoms with Gasteiger partial charge in [0.25, 0.3) is 0 Å². The third-order valence-corrected chi connectivity index (χ3v) is 4.00. The minimum Gasteiger partial charge on any atom is -0.468 e. The van der Waals surface area contributed by atoms with Gasteiger partial charge in [-0.15, -0.1) is 10.2 Å². The molecule has 0 aliphatic heterocycles. The zero-order valence-electron chi connectivity index (χ0n) is 11.9. The number of aryl methyl sites for hydroxylation is 2. The molecular weight excluding hydrogens is 288 g/mol. The summed E-state index contributed by atoms with van der Waals surface area (Å²) in [7, 11) is 1.36. The van der Waals surface area contributed by atoms with Crippen LogP contribution in [0.3, 0.4) is 0 Å². The molecule has 1 aromatic carbocycles. The van der Waals surface area contributed by atoms with Gasteiger partial charge in [0, 0.05) is 5.39 Å². The first-order chi connectivity index (χ1) is 10.1. The Kier molecular flexibility index (Phi) is 3.50. The van der Waals surface area contributed by atoms with E-state index >= 15 is 0 Å². The van der Waals surface area contributed by atoms with Crippen LogP contribution < -0.4 is 0 Å². The molecule has 6 nitrogen and oxygen atoms in total. The average molecular weight is 302 g/mol. The van der Waals surface area contributed by atoms with Crippen LogP contribution in [0.5, 0.6) is 0 Å². The molecule has 0 spiro atoms. The summed E-state index contributed by atoms with van der Waals surface area (Å²) in [5.41, 5.74) is 4.77. The van der Waals surface area contributed by atoms with E-state index in [1.54, 1.807) is 0 Å². The second-order valence-electron chi connectivity index (χ2n) is 4.79. The number of aromatic nitrogens is 4. The van der Waals surface area contributed by atoms with E-state index in [-0.39, 0.29) is 11.7 Å². The van der Waals surface area contributed by atoms with Crippen molar-refractivity contribution in [3.05, 3.63) is 23.3 Å². The van der Waals surface area contributed by atoms with Crippen LogP contribution in [0.2, 0.25) is 0 Å². The van der Waals surface area contributed by atoms with E-state index in [1.165, 1.54) is 24.4 Å². The first kappa shape index (κ1) is 13.8. The summed E-state index contributed by atoms with van der Waals surface area (Å²) in [6, 6.07) is 4.18. The summed E-state index contributed by atoms with van der Waals surface area (Å²) in [6.07, 6.45) is 0. The smallest absolute Gasteiger partial charge is 0.316 e. The standard InChI is InChI=1S/C14H14N4O2S/c1-7-4-8(2)11-9(5-7)12-13(15-11)16-14(18-17-12)21-6-10(19)20-3/h4-5H,6H2,1-3H3,(H,15,16,18). The number of hydrogen-bond acceptors (Lipinski definition) is 6. The molecule has 0 saturated heterocycles. The van der Waals surface area contributed by atoms with Crippen molar-refractivity contribution in [2.75, 3.05) is 12.9 Å². The fraction of sp³-hybridized carbons (Fsp3) is 0.286. The monoisotopic (exact) mass is 302 g/mol. The molecule has 2 heterocycles. The van der Waals surface area contributed by atoms with Crippen molar-refractivity contribution in [1.82, 2.24) is 20.2 Å². The van der Waals surface area contributed by atoms with Gasteiger partial charge in [-0.3, -0.25) is 4.79 Å². The molecule has 0 aliphatic carbocycles. The Labute approximate surface area is 125 Å². The van der Waals surface area contributed by atoms with Crippen molar-refractivity contribution in [2.45, 2.75) is 19.0 Å². The fourth-order valence-corrected chi connectivity index (χ4v) is 2.88. The number of rotatable bonds is 3. The van der Waals surface area contributed by atoms with Crippen molar-refractivity contribution in [2.24, 2.45) is 0 Å². The number of hydrogen-bond donors (Lipinski definition) is 1.